The Labute approximate surface area is 210 Å². The number of halogens is 3. The van der Waals surface area contributed by atoms with E-state index in [0.29, 0.717) is 0 Å². The van der Waals surface area contributed by atoms with Gasteiger partial charge in [-0.1, -0.05) is 101 Å². The fourth-order valence-electron chi connectivity index (χ4n) is 4.43. The molecule has 0 atom stereocenters. The predicted octanol–water partition coefficient (Wildman–Crippen LogP) is -2.25. The Morgan fingerprint density at radius 3 is 1.52 bits per heavy atom. The van der Waals surface area contributed by atoms with Gasteiger partial charge in [0.05, 0.1) is 0 Å². The number of benzene rings is 2. The van der Waals surface area contributed by atoms with Gasteiger partial charge in [0.1, 0.15) is 0 Å². The van der Waals surface area contributed by atoms with E-state index in [9.17, 15) is 0 Å². The molecule has 3 aromatic carbocycles. The van der Waals surface area contributed by atoms with Crippen molar-refractivity contribution in [3.8, 4) is 0 Å². The fraction of sp³-hybridized carbons (Fsp3) is 0.320. The third-order valence-electron chi connectivity index (χ3n) is 5.37. The van der Waals surface area contributed by atoms with Crippen molar-refractivity contribution in [1.29, 1.82) is 0 Å². The summed E-state index contributed by atoms with van der Waals surface area (Å²) in [5, 5.41) is 0. The Kier molecular flexibility index (Phi) is 13.6. The summed E-state index contributed by atoms with van der Waals surface area (Å²) in [6.45, 7) is 9.38. The largest absolute Gasteiger partial charge is 4.00 e. The molecule has 0 aromatic heterocycles. The summed E-state index contributed by atoms with van der Waals surface area (Å²) in [5.41, 5.74) is 5.55. The molecule has 0 aliphatic rings. The molecular weight excluding hydrogens is 455 g/mol. The first-order valence-electron chi connectivity index (χ1n) is 9.38. The normalized spacial score (nSPS) is 10.6. The van der Waals surface area contributed by atoms with Gasteiger partial charge in [0.25, 0.3) is 0 Å². The summed E-state index contributed by atoms with van der Waals surface area (Å²) in [6, 6.07) is 28.9. The van der Waals surface area contributed by atoms with Gasteiger partial charge >= 0.3 is 21.7 Å². The van der Waals surface area contributed by atoms with Gasteiger partial charge in [-0.15, -0.1) is 5.56 Å². The molecule has 0 saturated carbocycles. The molecule has 0 aliphatic carbocycles. The third kappa shape index (κ3) is 5.75. The van der Waals surface area contributed by atoms with Crippen LogP contribution in [0.15, 0.2) is 78.9 Å². The molecule has 0 aliphatic heterocycles. The topological polar surface area (TPSA) is 0 Å². The van der Waals surface area contributed by atoms with Crippen LogP contribution in [0.1, 0.15) is 56.4 Å². The number of hydrogen-bond acceptors (Lipinski definition) is 0. The minimum Gasteiger partial charge on any atom is -1.00 e. The summed E-state index contributed by atoms with van der Waals surface area (Å²) in [7, 11) is 0. The SMILES string of the molecule is CCCc1ccc[c-]1C(c1ccccc1)(c1ccccc1)C(C)(C)C.[Cl-].[Cl-].[Cl-].[Ti+4]. The minimum absolute atomic E-state index is 0. The van der Waals surface area contributed by atoms with Crippen molar-refractivity contribution in [2.24, 2.45) is 5.41 Å². The van der Waals surface area contributed by atoms with E-state index in [2.05, 4.69) is 107 Å². The minimum atomic E-state index is -0.163. The Morgan fingerprint density at radius 1 is 0.690 bits per heavy atom. The Balaban J connectivity index is 0. The first kappa shape index (κ1) is 30.6. The zero-order chi connectivity index (χ0) is 17.9. The molecule has 29 heavy (non-hydrogen) atoms. The first-order valence-corrected chi connectivity index (χ1v) is 9.38. The van der Waals surface area contributed by atoms with Crippen molar-refractivity contribution in [3.63, 3.8) is 0 Å². The van der Waals surface area contributed by atoms with Crippen LogP contribution in [0.5, 0.6) is 0 Å². The van der Waals surface area contributed by atoms with Crippen LogP contribution in [0.25, 0.3) is 0 Å². The Hall–Kier alpha value is -0.626. The second-order valence-electron chi connectivity index (χ2n) is 7.95. The quantitative estimate of drug-likeness (QED) is 0.284. The smallest absolute Gasteiger partial charge is 1.00 e. The molecular formula is C25H29Cl3Ti. The van der Waals surface area contributed by atoms with Gasteiger partial charge in [0, 0.05) is 5.41 Å². The molecule has 0 saturated heterocycles. The summed E-state index contributed by atoms with van der Waals surface area (Å²) in [4.78, 5) is 0. The van der Waals surface area contributed by atoms with Crippen molar-refractivity contribution >= 4 is 0 Å². The molecule has 0 unspecified atom stereocenters. The van der Waals surface area contributed by atoms with Crippen LogP contribution in [0.4, 0.5) is 0 Å². The van der Waals surface area contributed by atoms with Crippen LogP contribution < -0.4 is 37.2 Å². The zero-order valence-electron chi connectivity index (χ0n) is 17.6. The summed E-state index contributed by atoms with van der Waals surface area (Å²) in [5.74, 6) is 0. The second kappa shape index (κ2) is 12.9. The summed E-state index contributed by atoms with van der Waals surface area (Å²) in [6.07, 6.45) is 2.29. The van der Waals surface area contributed by atoms with E-state index in [1.54, 1.807) is 0 Å². The van der Waals surface area contributed by atoms with Crippen molar-refractivity contribution in [1.82, 2.24) is 0 Å². The van der Waals surface area contributed by atoms with Gasteiger partial charge in [-0.05, 0) is 16.5 Å². The molecule has 0 nitrogen and oxygen atoms in total. The predicted molar refractivity (Wildman–Crippen MR) is 108 cm³/mol. The van der Waals surface area contributed by atoms with Gasteiger partial charge < -0.3 is 37.2 Å². The standard InChI is InChI=1S/C25H29.3ClH.Ti/c1-5-13-20-14-12-19-23(20)25(24(2,3)4,21-15-8-6-9-16-21)22-17-10-7-11-18-22;;;;/h6-12,14-19H,5,13H2,1-4H3;3*1H;/q-1;;;;+4/p-3. The monoisotopic (exact) mass is 482 g/mol. The molecule has 0 amide bonds. The average Bonchev–Trinajstić information content (AvgIpc) is 3.05. The van der Waals surface area contributed by atoms with E-state index in [1.165, 1.54) is 28.7 Å². The molecule has 4 heteroatoms. The van der Waals surface area contributed by atoms with E-state index in [-0.39, 0.29) is 69.8 Å². The van der Waals surface area contributed by atoms with Crippen molar-refractivity contribution < 1.29 is 58.9 Å². The first-order chi connectivity index (χ1) is 12.0. The van der Waals surface area contributed by atoms with Gasteiger partial charge in [-0.2, -0.15) is 11.6 Å². The maximum Gasteiger partial charge on any atom is 4.00 e. The van der Waals surface area contributed by atoms with E-state index in [4.69, 9.17) is 0 Å². The molecule has 0 radical (unpaired) electrons. The molecule has 0 fully saturated rings. The van der Waals surface area contributed by atoms with Crippen LogP contribution in [-0.2, 0) is 33.6 Å². The van der Waals surface area contributed by atoms with Crippen molar-refractivity contribution in [2.75, 3.05) is 0 Å². The molecule has 3 rings (SSSR count). The van der Waals surface area contributed by atoms with E-state index in [0.717, 1.165) is 6.42 Å². The summed E-state index contributed by atoms with van der Waals surface area (Å²) < 4.78 is 0. The number of rotatable bonds is 5. The average molecular weight is 484 g/mol. The Bertz CT molecular complexity index is 765. The van der Waals surface area contributed by atoms with Crippen LogP contribution in [0, 0.1) is 5.41 Å². The van der Waals surface area contributed by atoms with Gasteiger partial charge in [-0.3, -0.25) is 0 Å². The van der Waals surface area contributed by atoms with E-state index >= 15 is 0 Å². The second-order valence-corrected chi connectivity index (χ2v) is 7.95. The summed E-state index contributed by atoms with van der Waals surface area (Å²) >= 11 is 0. The molecule has 0 bridgehead atoms. The molecule has 0 heterocycles. The fourth-order valence-corrected chi connectivity index (χ4v) is 4.43. The van der Waals surface area contributed by atoms with Gasteiger partial charge in [0.2, 0.25) is 0 Å². The van der Waals surface area contributed by atoms with Crippen LogP contribution in [-0.4, -0.2) is 0 Å². The van der Waals surface area contributed by atoms with Gasteiger partial charge in [-0.25, -0.2) is 12.1 Å². The zero-order valence-corrected chi connectivity index (χ0v) is 21.4. The number of hydrogen-bond donors (Lipinski definition) is 0. The van der Waals surface area contributed by atoms with Gasteiger partial charge in [0.15, 0.2) is 0 Å². The van der Waals surface area contributed by atoms with Crippen molar-refractivity contribution in [2.45, 2.75) is 46.0 Å². The van der Waals surface area contributed by atoms with E-state index in [1.807, 2.05) is 0 Å². The van der Waals surface area contributed by atoms with Crippen LogP contribution >= 0.6 is 0 Å². The number of aryl methyl sites for hydroxylation is 1. The Morgan fingerprint density at radius 2 is 1.14 bits per heavy atom. The molecule has 0 spiro atoms. The molecule has 3 aromatic rings. The maximum atomic E-state index is 2.37. The van der Waals surface area contributed by atoms with Crippen molar-refractivity contribution in [3.05, 3.63) is 101 Å². The molecule has 0 N–H and O–H groups in total. The van der Waals surface area contributed by atoms with E-state index < -0.39 is 0 Å². The van der Waals surface area contributed by atoms with Crippen LogP contribution in [0.3, 0.4) is 0 Å². The third-order valence-corrected chi connectivity index (χ3v) is 5.37. The molecule has 154 valence electrons. The van der Waals surface area contributed by atoms with Crippen LogP contribution in [0.2, 0.25) is 0 Å². The maximum absolute atomic E-state index is 2.37.